The van der Waals surface area contributed by atoms with Gasteiger partial charge in [0.15, 0.2) is 5.82 Å². The smallest absolute Gasteiger partial charge is 0.316 e. The summed E-state index contributed by atoms with van der Waals surface area (Å²) in [5, 5.41) is 6.21. The van der Waals surface area contributed by atoms with Gasteiger partial charge >= 0.3 is 12.1 Å². The first-order chi connectivity index (χ1) is 18.1. The van der Waals surface area contributed by atoms with Crippen LogP contribution in [0.4, 0.5) is 27.8 Å². The van der Waals surface area contributed by atoms with E-state index >= 15 is 0 Å². The highest BCUT2D eigenvalue weighted by atomic mass is 35.5. The molecule has 0 radical (unpaired) electrons. The van der Waals surface area contributed by atoms with Crippen LogP contribution < -0.4 is 10.0 Å². The normalized spacial score (nSPS) is 12.6. The second-order valence-corrected chi connectivity index (χ2v) is 10.4. The zero-order chi connectivity index (χ0) is 28.7. The fourth-order valence-corrected chi connectivity index (χ4v) is 4.60. The molecule has 0 atom stereocenters. The maximum absolute atomic E-state index is 13.8. The zero-order valence-electron chi connectivity index (χ0n) is 19.9. The van der Waals surface area contributed by atoms with Crippen molar-refractivity contribution in [3.63, 3.8) is 0 Å². The van der Waals surface area contributed by atoms with E-state index in [0.717, 1.165) is 24.5 Å². The van der Waals surface area contributed by atoms with E-state index in [1.807, 2.05) is 0 Å². The summed E-state index contributed by atoms with van der Waals surface area (Å²) in [7, 11) is -2.27. The van der Waals surface area contributed by atoms with Gasteiger partial charge in [-0.3, -0.25) is 19.2 Å². The van der Waals surface area contributed by atoms with Crippen molar-refractivity contribution in [1.82, 2.24) is 20.1 Å². The van der Waals surface area contributed by atoms with Crippen LogP contribution in [-0.4, -0.2) is 41.5 Å². The molecule has 0 unspecified atom stereocenters. The number of nitrogens with one attached hydrogen (secondary N) is 2. The van der Waals surface area contributed by atoms with Gasteiger partial charge in [0.2, 0.25) is 10.0 Å². The number of sulfonamides is 1. The standard InChI is InChI=1S/C24H17ClF5N5O3S/c1-35-21-16(5-6-17(25)19(21)22(33-35)34-39(2,37)38)15-4-3-7-31-20(15)18(32-23(36)24(28,29)30)10-12-8-13(26)11-14(27)9-12/h3-11H,1-2H3,(H,32,36)(H,33,34). The number of aromatic nitrogens is 3. The van der Waals surface area contributed by atoms with Crippen molar-refractivity contribution in [1.29, 1.82) is 0 Å². The number of carbonyl (C=O) groups excluding carboxylic acids is 1. The van der Waals surface area contributed by atoms with E-state index in [2.05, 4.69) is 14.8 Å². The highest BCUT2D eigenvalue weighted by Crippen LogP contribution is 2.39. The molecule has 0 aliphatic rings. The number of carbonyl (C=O) groups is 1. The van der Waals surface area contributed by atoms with E-state index in [1.165, 1.54) is 42.2 Å². The lowest BCUT2D eigenvalue weighted by molar-refractivity contribution is -0.172. The third kappa shape index (κ3) is 6.17. The molecule has 15 heteroatoms. The number of amides is 1. The lowest BCUT2D eigenvalue weighted by atomic mass is 9.98. The van der Waals surface area contributed by atoms with Crippen molar-refractivity contribution in [2.45, 2.75) is 6.18 Å². The molecular weight excluding hydrogens is 569 g/mol. The predicted molar refractivity (Wildman–Crippen MR) is 136 cm³/mol. The highest BCUT2D eigenvalue weighted by Gasteiger charge is 2.39. The number of halogens is 6. The van der Waals surface area contributed by atoms with Gasteiger partial charge in [-0.05, 0) is 35.9 Å². The summed E-state index contributed by atoms with van der Waals surface area (Å²) in [6.07, 6.45) is -2.19. The Morgan fingerprint density at radius 1 is 1.08 bits per heavy atom. The number of nitrogens with zero attached hydrogens (tertiary/aromatic N) is 3. The summed E-state index contributed by atoms with van der Waals surface area (Å²) < 4.78 is 94.5. The lowest BCUT2D eigenvalue weighted by Crippen LogP contribution is -2.35. The Morgan fingerprint density at radius 2 is 1.74 bits per heavy atom. The molecule has 39 heavy (non-hydrogen) atoms. The second kappa shape index (κ2) is 10.3. The SMILES string of the molecule is Cn1nc(NS(C)(=O)=O)c2c(Cl)ccc(-c3cccnc3C(=Cc3cc(F)cc(F)c3)NC(=O)C(F)(F)F)c21. The third-order valence-corrected chi connectivity index (χ3v) is 6.15. The first kappa shape index (κ1) is 28.0. The molecule has 2 aromatic carbocycles. The molecule has 2 heterocycles. The van der Waals surface area contributed by atoms with Crippen LogP contribution in [0.25, 0.3) is 33.8 Å². The fourth-order valence-electron chi connectivity index (χ4n) is 3.86. The minimum absolute atomic E-state index is 0.0938. The van der Waals surface area contributed by atoms with Gasteiger partial charge in [-0.25, -0.2) is 17.2 Å². The van der Waals surface area contributed by atoms with Crippen LogP contribution in [0.5, 0.6) is 0 Å². The number of aryl methyl sites for hydroxylation is 1. The molecule has 1 amide bonds. The summed E-state index contributed by atoms with van der Waals surface area (Å²) in [6.45, 7) is 0. The molecule has 0 spiro atoms. The lowest BCUT2D eigenvalue weighted by Gasteiger charge is -2.16. The second-order valence-electron chi connectivity index (χ2n) is 8.28. The summed E-state index contributed by atoms with van der Waals surface area (Å²) in [5.41, 5.74) is -0.158. The molecule has 2 aromatic heterocycles. The molecule has 2 N–H and O–H groups in total. The Labute approximate surface area is 223 Å². The monoisotopic (exact) mass is 585 g/mol. The van der Waals surface area contributed by atoms with Gasteiger partial charge in [0.1, 0.15) is 11.6 Å². The highest BCUT2D eigenvalue weighted by molar-refractivity contribution is 7.92. The number of hydrogen-bond acceptors (Lipinski definition) is 5. The molecule has 4 aromatic rings. The number of benzene rings is 2. The molecule has 8 nitrogen and oxygen atoms in total. The molecule has 0 saturated heterocycles. The van der Waals surface area contributed by atoms with Crippen molar-refractivity contribution in [3.05, 3.63) is 76.6 Å². The summed E-state index contributed by atoms with van der Waals surface area (Å²) >= 11 is 6.35. The number of pyridine rings is 1. The maximum atomic E-state index is 13.8. The number of rotatable bonds is 6. The maximum Gasteiger partial charge on any atom is 0.471 e. The third-order valence-electron chi connectivity index (χ3n) is 5.27. The van der Waals surface area contributed by atoms with Crippen LogP contribution in [-0.2, 0) is 21.9 Å². The van der Waals surface area contributed by atoms with Crippen LogP contribution in [0.2, 0.25) is 5.02 Å². The van der Waals surface area contributed by atoms with Gasteiger partial charge in [-0.1, -0.05) is 23.7 Å². The van der Waals surface area contributed by atoms with Crippen LogP contribution >= 0.6 is 11.6 Å². The Bertz CT molecular complexity index is 1730. The van der Waals surface area contributed by atoms with E-state index in [1.54, 1.807) is 5.32 Å². The van der Waals surface area contributed by atoms with Crippen LogP contribution in [0.1, 0.15) is 11.3 Å². The van der Waals surface area contributed by atoms with E-state index in [4.69, 9.17) is 11.6 Å². The topological polar surface area (TPSA) is 106 Å². The quantitative estimate of drug-likeness (QED) is 0.306. The molecule has 0 aliphatic carbocycles. The number of anilines is 1. The first-order valence-electron chi connectivity index (χ1n) is 10.8. The summed E-state index contributed by atoms with van der Waals surface area (Å²) in [4.78, 5) is 16.1. The zero-order valence-corrected chi connectivity index (χ0v) is 21.5. The summed E-state index contributed by atoms with van der Waals surface area (Å²) in [6, 6.07) is 8.16. The van der Waals surface area contributed by atoms with Gasteiger partial charge in [0, 0.05) is 30.4 Å². The Balaban J connectivity index is 1.99. The molecule has 0 fully saturated rings. The molecule has 0 bridgehead atoms. The van der Waals surface area contributed by atoms with Crippen LogP contribution in [0.15, 0.2) is 48.7 Å². The van der Waals surface area contributed by atoms with Gasteiger partial charge in [-0.2, -0.15) is 18.3 Å². The molecule has 0 aliphatic heterocycles. The van der Waals surface area contributed by atoms with Crippen molar-refractivity contribution in [2.24, 2.45) is 7.05 Å². The Morgan fingerprint density at radius 3 is 2.36 bits per heavy atom. The average Bonchev–Trinajstić information content (AvgIpc) is 3.12. The van der Waals surface area contributed by atoms with Gasteiger partial charge in [-0.15, -0.1) is 0 Å². The molecule has 204 valence electrons. The Kier molecular flexibility index (Phi) is 7.36. The van der Waals surface area contributed by atoms with Gasteiger partial charge < -0.3 is 5.32 Å². The fraction of sp³-hybridized carbons (Fsp3) is 0.125. The molecule has 4 rings (SSSR count). The molecular formula is C24H17ClF5N5O3S. The van der Waals surface area contributed by atoms with E-state index in [-0.39, 0.29) is 38.6 Å². The van der Waals surface area contributed by atoms with Crippen molar-refractivity contribution < 1.29 is 35.2 Å². The number of hydrogen-bond donors (Lipinski definition) is 2. The summed E-state index contributed by atoms with van der Waals surface area (Å²) in [5.74, 6) is -4.43. The largest absolute Gasteiger partial charge is 0.471 e. The minimum atomic E-state index is -5.29. The van der Waals surface area contributed by atoms with Crippen molar-refractivity contribution in [2.75, 3.05) is 11.0 Å². The number of alkyl halides is 3. The Hall–Kier alpha value is -4.04. The van der Waals surface area contributed by atoms with Crippen LogP contribution in [0.3, 0.4) is 0 Å². The van der Waals surface area contributed by atoms with E-state index in [0.29, 0.717) is 11.6 Å². The van der Waals surface area contributed by atoms with Gasteiger partial charge in [0.25, 0.3) is 0 Å². The number of fused-ring (bicyclic) bond motifs is 1. The average molecular weight is 586 g/mol. The predicted octanol–water partition coefficient (Wildman–Crippen LogP) is 5.12. The molecule has 0 saturated carbocycles. The van der Waals surface area contributed by atoms with Gasteiger partial charge in [0.05, 0.1) is 33.6 Å². The van der Waals surface area contributed by atoms with Crippen LogP contribution in [0, 0.1) is 11.6 Å². The first-order valence-corrected chi connectivity index (χ1v) is 13.1. The van der Waals surface area contributed by atoms with Crippen molar-refractivity contribution in [3.8, 4) is 11.1 Å². The van der Waals surface area contributed by atoms with E-state index in [9.17, 15) is 35.2 Å². The minimum Gasteiger partial charge on any atom is -0.316 e. The van der Waals surface area contributed by atoms with E-state index < -0.39 is 39.4 Å². The van der Waals surface area contributed by atoms with Crippen molar-refractivity contribution >= 4 is 56.0 Å².